The van der Waals surface area contributed by atoms with Crippen LogP contribution in [0.4, 0.5) is 10.5 Å². The molecule has 0 unspecified atom stereocenters. The lowest BCUT2D eigenvalue weighted by Crippen LogP contribution is -2.28. The Morgan fingerprint density at radius 1 is 1.08 bits per heavy atom. The third kappa shape index (κ3) is 3.78. The molecule has 0 spiro atoms. The molecule has 0 radical (unpaired) electrons. The Morgan fingerprint density at radius 2 is 1.88 bits per heavy atom. The maximum atomic E-state index is 12.1. The van der Waals surface area contributed by atoms with Crippen LogP contribution in [0.25, 0.3) is 11.3 Å². The van der Waals surface area contributed by atoms with E-state index in [0.717, 1.165) is 16.3 Å². The van der Waals surface area contributed by atoms with Gasteiger partial charge in [-0.05, 0) is 12.1 Å². The average Bonchev–Trinajstić information content (AvgIpc) is 3.16. The van der Waals surface area contributed by atoms with E-state index in [2.05, 4.69) is 15.6 Å². The van der Waals surface area contributed by atoms with Gasteiger partial charge in [0.15, 0.2) is 11.5 Å². The molecule has 132 valence electrons. The molecule has 6 nitrogen and oxygen atoms in total. The highest BCUT2D eigenvalue weighted by Crippen LogP contribution is 2.32. The summed E-state index contributed by atoms with van der Waals surface area (Å²) < 4.78 is 11.0. The monoisotopic (exact) mass is 367 g/mol. The van der Waals surface area contributed by atoms with Crippen molar-refractivity contribution in [2.75, 3.05) is 18.5 Å². The van der Waals surface area contributed by atoms with Crippen molar-refractivity contribution < 1.29 is 14.3 Å². The van der Waals surface area contributed by atoms with E-state index < -0.39 is 0 Å². The predicted molar refractivity (Wildman–Crippen MR) is 101 cm³/mol. The fraction of sp³-hybridized carbons (Fsp3) is 0.158. The second-order valence-corrected chi connectivity index (χ2v) is 6.60. The minimum Gasteiger partial charge on any atom is -0.486 e. The molecule has 4 rings (SSSR count). The van der Waals surface area contributed by atoms with Crippen molar-refractivity contribution in [3.63, 3.8) is 0 Å². The topological polar surface area (TPSA) is 72.5 Å². The molecule has 0 fully saturated rings. The van der Waals surface area contributed by atoms with E-state index in [9.17, 15) is 4.79 Å². The summed E-state index contributed by atoms with van der Waals surface area (Å²) in [5, 5.41) is 8.45. The van der Waals surface area contributed by atoms with Crippen molar-refractivity contribution in [1.82, 2.24) is 10.3 Å². The number of fused-ring (bicyclic) bond motifs is 1. The van der Waals surface area contributed by atoms with Crippen LogP contribution in [0.2, 0.25) is 0 Å². The van der Waals surface area contributed by atoms with E-state index in [1.54, 1.807) is 18.2 Å². The van der Waals surface area contributed by atoms with Gasteiger partial charge in [-0.3, -0.25) is 0 Å². The number of carbonyl (C=O) groups excluding carboxylic acids is 1. The third-order valence-corrected chi connectivity index (χ3v) is 4.67. The van der Waals surface area contributed by atoms with Crippen LogP contribution in [0.3, 0.4) is 0 Å². The molecule has 0 atom stereocenters. The fourth-order valence-electron chi connectivity index (χ4n) is 2.59. The summed E-state index contributed by atoms with van der Waals surface area (Å²) in [6.45, 7) is 1.42. The van der Waals surface area contributed by atoms with Gasteiger partial charge in [-0.25, -0.2) is 9.78 Å². The van der Waals surface area contributed by atoms with Crippen LogP contribution in [0, 0.1) is 0 Å². The molecule has 7 heteroatoms. The van der Waals surface area contributed by atoms with Crippen LogP contribution in [0.1, 0.15) is 5.01 Å². The number of nitrogens with zero attached hydrogens (tertiary/aromatic N) is 1. The normalized spacial score (nSPS) is 12.5. The fourth-order valence-corrected chi connectivity index (χ4v) is 3.33. The zero-order chi connectivity index (χ0) is 17.8. The molecule has 2 aromatic carbocycles. The lowest BCUT2D eigenvalue weighted by molar-refractivity contribution is 0.171. The van der Waals surface area contributed by atoms with Crippen molar-refractivity contribution in [3.8, 4) is 22.8 Å². The van der Waals surface area contributed by atoms with Crippen molar-refractivity contribution in [3.05, 3.63) is 58.9 Å². The number of hydrogen-bond acceptors (Lipinski definition) is 5. The quantitative estimate of drug-likeness (QED) is 0.733. The zero-order valence-electron chi connectivity index (χ0n) is 13.9. The van der Waals surface area contributed by atoms with Gasteiger partial charge in [0.25, 0.3) is 0 Å². The maximum absolute atomic E-state index is 12.1. The number of carbonyl (C=O) groups is 1. The molecule has 2 amide bonds. The van der Waals surface area contributed by atoms with Gasteiger partial charge in [-0.2, -0.15) is 0 Å². The first-order chi connectivity index (χ1) is 12.8. The van der Waals surface area contributed by atoms with Gasteiger partial charge in [-0.1, -0.05) is 30.3 Å². The first-order valence-electron chi connectivity index (χ1n) is 8.22. The number of aromatic nitrogens is 1. The Bertz CT molecular complexity index is 911. The van der Waals surface area contributed by atoms with Gasteiger partial charge in [0.2, 0.25) is 0 Å². The van der Waals surface area contributed by atoms with Crippen LogP contribution in [-0.4, -0.2) is 24.2 Å². The summed E-state index contributed by atoms with van der Waals surface area (Å²) in [4.78, 5) is 16.7. The summed E-state index contributed by atoms with van der Waals surface area (Å²) in [5.41, 5.74) is 2.63. The van der Waals surface area contributed by atoms with E-state index >= 15 is 0 Å². The summed E-state index contributed by atoms with van der Waals surface area (Å²) in [6, 6.07) is 15.0. The predicted octanol–water partition coefficient (Wildman–Crippen LogP) is 3.90. The molecule has 1 aromatic heterocycles. The molecule has 3 aromatic rings. The number of benzene rings is 2. The smallest absolute Gasteiger partial charge is 0.319 e. The largest absolute Gasteiger partial charge is 0.486 e. The van der Waals surface area contributed by atoms with Crippen molar-refractivity contribution >= 4 is 23.1 Å². The lowest BCUT2D eigenvalue weighted by atomic mass is 10.2. The van der Waals surface area contributed by atoms with E-state index in [0.29, 0.717) is 36.9 Å². The number of rotatable bonds is 4. The zero-order valence-corrected chi connectivity index (χ0v) is 14.7. The Morgan fingerprint density at radius 3 is 2.73 bits per heavy atom. The second kappa shape index (κ2) is 7.45. The van der Waals surface area contributed by atoms with Gasteiger partial charge in [0.05, 0.1) is 12.2 Å². The maximum Gasteiger partial charge on any atom is 0.319 e. The molecule has 0 saturated carbocycles. The molecular weight excluding hydrogens is 350 g/mol. The number of anilines is 1. The number of urea groups is 1. The molecule has 2 heterocycles. The van der Waals surface area contributed by atoms with Gasteiger partial charge >= 0.3 is 6.03 Å². The van der Waals surface area contributed by atoms with E-state index in [-0.39, 0.29) is 6.03 Å². The molecule has 2 N–H and O–H groups in total. The van der Waals surface area contributed by atoms with E-state index in [1.165, 1.54) is 11.3 Å². The SMILES string of the molecule is O=C(NCc1nc(-c2ccccc2)cs1)Nc1ccc2c(c1)OCCO2. The van der Waals surface area contributed by atoms with E-state index in [4.69, 9.17) is 9.47 Å². The lowest BCUT2D eigenvalue weighted by Gasteiger charge is -2.19. The number of nitrogens with one attached hydrogen (secondary N) is 2. The van der Waals surface area contributed by atoms with Gasteiger partial charge in [0.1, 0.15) is 18.2 Å². The Kier molecular flexibility index (Phi) is 4.70. The Balaban J connectivity index is 1.34. The minimum absolute atomic E-state index is 0.293. The highest BCUT2D eigenvalue weighted by Gasteiger charge is 2.13. The molecule has 1 aliphatic rings. The third-order valence-electron chi connectivity index (χ3n) is 3.82. The van der Waals surface area contributed by atoms with Crippen LogP contribution in [0.15, 0.2) is 53.9 Å². The van der Waals surface area contributed by atoms with Crippen LogP contribution in [-0.2, 0) is 6.54 Å². The second-order valence-electron chi connectivity index (χ2n) is 5.66. The van der Waals surface area contributed by atoms with Crippen LogP contribution in [0.5, 0.6) is 11.5 Å². The Hall–Kier alpha value is -3.06. The number of ether oxygens (including phenoxy) is 2. The molecule has 0 aliphatic carbocycles. The number of amides is 2. The first kappa shape index (κ1) is 16.4. The summed E-state index contributed by atoms with van der Waals surface area (Å²) >= 11 is 1.52. The molecule has 0 saturated heterocycles. The molecule has 26 heavy (non-hydrogen) atoms. The molecule has 0 bridgehead atoms. The molecule has 1 aliphatic heterocycles. The van der Waals surface area contributed by atoms with Crippen LogP contribution >= 0.6 is 11.3 Å². The summed E-state index contributed by atoms with van der Waals surface area (Å²) in [5.74, 6) is 1.33. The van der Waals surface area contributed by atoms with Gasteiger partial charge in [0, 0.05) is 22.7 Å². The van der Waals surface area contributed by atoms with Gasteiger partial charge in [-0.15, -0.1) is 11.3 Å². The average molecular weight is 367 g/mol. The number of thiazole rings is 1. The van der Waals surface area contributed by atoms with Gasteiger partial charge < -0.3 is 20.1 Å². The first-order valence-corrected chi connectivity index (χ1v) is 9.10. The number of hydrogen-bond donors (Lipinski definition) is 2. The van der Waals surface area contributed by atoms with Crippen molar-refractivity contribution in [1.29, 1.82) is 0 Å². The minimum atomic E-state index is -0.293. The van der Waals surface area contributed by atoms with E-state index in [1.807, 2.05) is 35.7 Å². The Labute approximate surface area is 154 Å². The van der Waals surface area contributed by atoms with Crippen LogP contribution < -0.4 is 20.1 Å². The standard InChI is InChI=1S/C19H17N3O3S/c23-19(21-14-6-7-16-17(10-14)25-9-8-24-16)20-11-18-22-15(12-26-18)13-4-2-1-3-5-13/h1-7,10,12H,8-9,11H2,(H2,20,21,23). The van der Waals surface area contributed by atoms with Crippen molar-refractivity contribution in [2.24, 2.45) is 0 Å². The summed E-state index contributed by atoms with van der Waals surface area (Å²) in [7, 11) is 0. The molecular formula is C19H17N3O3S. The summed E-state index contributed by atoms with van der Waals surface area (Å²) in [6.07, 6.45) is 0. The van der Waals surface area contributed by atoms with Crippen molar-refractivity contribution in [2.45, 2.75) is 6.54 Å². The highest BCUT2D eigenvalue weighted by atomic mass is 32.1. The highest BCUT2D eigenvalue weighted by molar-refractivity contribution is 7.09.